The van der Waals surface area contributed by atoms with Crippen molar-refractivity contribution >= 4 is 5.91 Å². The minimum Gasteiger partial charge on any atom is -0.493 e. The van der Waals surface area contributed by atoms with E-state index in [1.807, 2.05) is 13.8 Å². The summed E-state index contributed by atoms with van der Waals surface area (Å²) in [7, 11) is 4.60. The number of hydrogen-bond donors (Lipinski definition) is 1. The van der Waals surface area contributed by atoms with Crippen molar-refractivity contribution in [1.29, 1.82) is 0 Å². The van der Waals surface area contributed by atoms with Crippen LogP contribution in [0.2, 0.25) is 0 Å². The molecule has 0 bridgehead atoms. The average Bonchev–Trinajstić information content (AvgIpc) is 2.71. The molecule has 1 aliphatic rings. The number of nitrogens with zero attached hydrogens (tertiary/aromatic N) is 2. The van der Waals surface area contributed by atoms with Crippen LogP contribution in [-0.2, 0) is 17.8 Å². The van der Waals surface area contributed by atoms with E-state index >= 15 is 0 Å². The van der Waals surface area contributed by atoms with Crippen molar-refractivity contribution in [1.82, 2.24) is 14.9 Å². The molecule has 1 N–H and O–H groups in total. The van der Waals surface area contributed by atoms with Crippen molar-refractivity contribution in [3.8, 4) is 28.6 Å². The molecule has 0 fully saturated rings. The van der Waals surface area contributed by atoms with E-state index in [4.69, 9.17) is 14.2 Å². The average molecular weight is 401 g/mol. The second kappa shape index (κ2) is 8.55. The first kappa shape index (κ1) is 20.7. The molecule has 2 heterocycles. The topological polar surface area (TPSA) is 93.8 Å². The van der Waals surface area contributed by atoms with Gasteiger partial charge in [0.2, 0.25) is 11.7 Å². The van der Waals surface area contributed by atoms with Crippen LogP contribution in [0.4, 0.5) is 0 Å². The highest BCUT2D eigenvalue weighted by Crippen LogP contribution is 2.40. The maximum absolute atomic E-state index is 12.8. The van der Waals surface area contributed by atoms with Crippen LogP contribution >= 0.6 is 0 Å². The largest absolute Gasteiger partial charge is 0.493 e. The lowest BCUT2D eigenvalue weighted by Gasteiger charge is -2.28. The molecule has 2 aromatic rings. The van der Waals surface area contributed by atoms with Gasteiger partial charge in [-0.3, -0.25) is 9.59 Å². The van der Waals surface area contributed by atoms with Crippen LogP contribution in [0.1, 0.15) is 31.5 Å². The number of fused-ring (bicyclic) bond motifs is 1. The maximum Gasteiger partial charge on any atom is 0.256 e. The van der Waals surface area contributed by atoms with Crippen molar-refractivity contribution in [3.05, 3.63) is 33.7 Å². The van der Waals surface area contributed by atoms with Crippen molar-refractivity contribution < 1.29 is 19.0 Å². The zero-order valence-corrected chi connectivity index (χ0v) is 17.5. The molecule has 0 spiro atoms. The number of H-pyrrole nitrogens is 1. The Bertz CT molecular complexity index is 942. The van der Waals surface area contributed by atoms with E-state index in [1.54, 1.807) is 17.0 Å². The molecule has 8 heteroatoms. The number of benzene rings is 1. The summed E-state index contributed by atoms with van der Waals surface area (Å²) < 4.78 is 16.1. The monoisotopic (exact) mass is 401 g/mol. The summed E-state index contributed by atoms with van der Waals surface area (Å²) in [5, 5.41) is 0. The normalized spacial score (nSPS) is 13.2. The zero-order valence-electron chi connectivity index (χ0n) is 17.5. The zero-order chi connectivity index (χ0) is 21.1. The number of carbonyl (C=O) groups excluding carboxylic acids is 1. The van der Waals surface area contributed by atoms with Gasteiger partial charge in [0.1, 0.15) is 5.82 Å². The van der Waals surface area contributed by atoms with Crippen molar-refractivity contribution in [2.24, 2.45) is 5.92 Å². The number of nitrogens with one attached hydrogen (secondary N) is 1. The molecule has 156 valence electrons. The van der Waals surface area contributed by atoms with Gasteiger partial charge >= 0.3 is 0 Å². The van der Waals surface area contributed by atoms with E-state index in [0.29, 0.717) is 65.8 Å². The molecule has 0 radical (unpaired) electrons. The molecule has 1 amide bonds. The van der Waals surface area contributed by atoms with Crippen molar-refractivity contribution in [2.45, 2.75) is 33.2 Å². The first-order chi connectivity index (χ1) is 13.9. The number of carbonyl (C=O) groups is 1. The molecule has 0 aliphatic carbocycles. The SMILES string of the molecule is COc1cc(-c2nc3c(c(=O)[nH]2)CN(C(=O)CC(C)C)CC3)cc(OC)c1OC. The van der Waals surface area contributed by atoms with Crippen LogP contribution in [0, 0.1) is 5.92 Å². The Hall–Kier alpha value is -3.03. The summed E-state index contributed by atoms with van der Waals surface area (Å²) in [5.41, 5.74) is 1.68. The number of ether oxygens (including phenoxy) is 3. The van der Waals surface area contributed by atoms with Gasteiger partial charge in [0.25, 0.3) is 5.56 Å². The van der Waals surface area contributed by atoms with Gasteiger partial charge in [-0.2, -0.15) is 0 Å². The fourth-order valence-electron chi connectivity index (χ4n) is 3.47. The predicted octanol–water partition coefficient (Wildman–Crippen LogP) is 2.39. The third-order valence-electron chi connectivity index (χ3n) is 4.94. The van der Waals surface area contributed by atoms with Crippen LogP contribution < -0.4 is 19.8 Å². The molecule has 0 atom stereocenters. The van der Waals surface area contributed by atoms with Gasteiger partial charge in [-0.25, -0.2) is 4.98 Å². The smallest absolute Gasteiger partial charge is 0.256 e. The molecule has 1 aromatic heterocycles. The van der Waals surface area contributed by atoms with E-state index < -0.39 is 0 Å². The minimum absolute atomic E-state index is 0.0683. The van der Waals surface area contributed by atoms with Gasteiger partial charge in [-0.05, 0) is 18.1 Å². The second-order valence-corrected chi connectivity index (χ2v) is 7.42. The molecular formula is C21H27N3O5. The Labute approximate surface area is 169 Å². The third kappa shape index (κ3) is 4.21. The van der Waals surface area contributed by atoms with Gasteiger partial charge in [0.15, 0.2) is 11.5 Å². The molecule has 0 saturated carbocycles. The summed E-state index contributed by atoms with van der Waals surface area (Å²) in [4.78, 5) is 34.4. The van der Waals surface area contributed by atoms with E-state index in [9.17, 15) is 9.59 Å². The van der Waals surface area contributed by atoms with Crippen LogP contribution in [0.3, 0.4) is 0 Å². The molecule has 29 heavy (non-hydrogen) atoms. The van der Waals surface area contributed by atoms with Gasteiger partial charge in [0, 0.05) is 24.9 Å². The van der Waals surface area contributed by atoms with Gasteiger partial charge < -0.3 is 24.1 Å². The molecule has 8 nitrogen and oxygen atoms in total. The highest BCUT2D eigenvalue weighted by molar-refractivity contribution is 5.76. The molecule has 0 unspecified atom stereocenters. The van der Waals surface area contributed by atoms with Crippen molar-refractivity contribution in [2.75, 3.05) is 27.9 Å². The van der Waals surface area contributed by atoms with Crippen molar-refractivity contribution in [3.63, 3.8) is 0 Å². The lowest BCUT2D eigenvalue weighted by atomic mass is 10.0. The molecule has 3 rings (SSSR count). The van der Waals surface area contributed by atoms with Gasteiger partial charge in [-0.1, -0.05) is 13.8 Å². The van der Waals surface area contributed by atoms with Crippen LogP contribution in [-0.4, -0.2) is 48.6 Å². The highest BCUT2D eigenvalue weighted by atomic mass is 16.5. The Balaban J connectivity index is 1.97. The van der Waals surface area contributed by atoms with Crippen LogP contribution in [0.15, 0.2) is 16.9 Å². The molecule has 0 saturated heterocycles. The molecule has 1 aliphatic heterocycles. The van der Waals surface area contributed by atoms with E-state index in [0.717, 1.165) is 0 Å². The lowest BCUT2D eigenvalue weighted by Crippen LogP contribution is -2.40. The van der Waals surface area contributed by atoms with Crippen LogP contribution in [0.5, 0.6) is 17.2 Å². The first-order valence-corrected chi connectivity index (χ1v) is 9.58. The summed E-state index contributed by atoms with van der Waals surface area (Å²) in [6.45, 7) is 4.87. The number of hydrogen-bond acceptors (Lipinski definition) is 6. The second-order valence-electron chi connectivity index (χ2n) is 7.42. The quantitative estimate of drug-likeness (QED) is 0.799. The predicted molar refractivity (Wildman–Crippen MR) is 109 cm³/mol. The van der Waals surface area contributed by atoms with Gasteiger partial charge in [0.05, 0.1) is 39.1 Å². The minimum atomic E-state index is -0.235. The Morgan fingerprint density at radius 1 is 1.17 bits per heavy atom. The van der Waals surface area contributed by atoms with E-state index in [-0.39, 0.29) is 17.4 Å². The summed E-state index contributed by atoms with van der Waals surface area (Å²) in [6.07, 6.45) is 1.02. The standard InChI is InChI=1S/C21H27N3O5/c1-12(2)8-18(25)24-7-6-15-14(11-24)21(26)23-20(22-15)13-9-16(27-3)19(29-5)17(10-13)28-4/h9-10,12H,6-8,11H2,1-5H3,(H,22,23,26). The third-order valence-corrected chi connectivity index (χ3v) is 4.94. The number of aromatic amines is 1. The number of amides is 1. The number of methoxy groups -OCH3 is 3. The fourth-order valence-corrected chi connectivity index (χ4v) is 3.47. The summed E-state index contributed by atoms with van der Waals surface area (Å²) in [5.74, 6) is 2.20. The first-order valence-electron chi connectivity index (χ1n) is 9.58. The highest BCUT2D eigenvalue weighted by Gasteiger charge is 2.25. The Morgan fingerprint density at radius 2 is 1.83 bits per heavy atom. The number of rotatable bonds is 6. The van der Waals surface area contributed by atoms with E-state index in [1.165, 1.54) is 21.3 Å². The molecular weight excluding hydrogens is 374 g/mol. The Kier molecular flexibility index (Phi) is 6.10. The maximum atomic E-state index is 12.8. The fraction of sp³-hybridized carbons (Fsp3) is 0.476. The number of aromatic nitrogens is 2. The van der Waals surface area contributed by atoms with Crippen LogP contribution in [0.25, 0.3) is 11.4 Å². The van der Waals surface area contributed by atoms with Gasteiger partial charge in [-0.15, -0.1) is 0 Å². The molecule has 1 aromatic carbocycles. The van der Waals surface area contributed by atoms with E-state index in [2.05, 4.69) is 9.97 Å². The lowest BCUT2D eigenvalue weighted by molar-refractivity contribution is -0.132. The summed E-state index contributed by atoms with van der Waals surface area (Å²) in [6, 6.07) is 3.49. The summed E-state index contributed by atoms with van der Waals surface area (Å²) >= 11 is 0. The Morgan fingerprint density at radius 3 is 2.38 bits per heavy atom.